The summed E-state index contributed by atoms with van der Waals surface area (Å²) in [5.74, 6) is 1.72. The fourth-order valence-electron chi connectivity index (χ4n) is 3.17. The Morgan fingerprint density at radius 3 is 1.93 bits per heavy atom. The molecule has 2 aliphatic rings. The van der Waals surface area contributed by atoms with E-state index < -0.39 is 0 Å². The third-order valence-electron chi connectivity index (χ3n) is 4.02. The van der Waals surface area contributed by atoms with Gasteiger partial charge in [-0.1, -0.05) is 13.8 Å². The minimum atomic E-state index is 0.546. The zero-order valence-electron chi connectivity index (χ0n) is 10.3. The van der Waals surface area contributed by atoms with Gasteiger partial charge >= 0.3 is 0 Å². The molecule has 2 saturated carbocycles. The van der Waals surface area contributed by atoms with Crippen molar-refractivity contribution in [3.8, 4) is 0 Å². The number of hydrogen-bond donors (Lipinski definition) is 1. The van der Waals surface area contributed by atoms with Gasteiger partial charge in [-0.25, -0.2) is 0 Å². The molecule has 2 unspecified atom stereocenters. The largest absolute Gasteiger partial charge is 0.375 e. The molecular weight excluding hydrogens is 186 g/mol. The van der Waals surface area contributed by atoms with E-state index in [4.69, 9.17) is 4.74 Å². The van der Waals surface area contributed by atoms with Gasteiger partial charge in [0.1, 0.15) is 0 Å². The summed E-state index contributed by atoms with van der Waals surface area (Å²) in [5.41, 5.74) is 0. The molecule has 2 nitrogen and oxygen atoms in total. The Kier molecular flexibility index (Phi) is 3.68. The summed E-state index contributed by atoms with van der Waals surface area (Å²) >= 11 is 0. The first-order valence-electron chi connectivity index (χ1n) is 6.50. The average molecular weight is 211 g/mol. The van der Waals surface area contributed by atoms with Crippen molar-refractivity contribution < 1.29 is 4.74 Å². The highest BCUT2D eigenvalue weighted by Crippen LogP contribution is 2.33. The fourth-order valence-corrected chi connectivity index (χ4v) is 3.17. The van der Waals surface area contributed by atoms with Crippen molar-refractivity contribution in [3.05, 3.63) is 0 Å². The van der Waals surface area contributed by atoms with Crippen LogP contribution in [0.25, 0.3) is 0 Å². The van der Waals surface area contributed by atoms with E-state index in [0.29, 0.717) is 18.2 Å². The Bertz CT molecular complexity index is 191. The molecule has 2 atom stereocenters. The predicted octanol–water partition coefficient (Wildman–Crippen LogP) is 2.58. The molecular formula is C13H25NO. The fraction of sp³-hybridized carbons (Fsp3) is 1.00. The molecule has 0 spiro atoms. The lowest BCUT2D eigenvalue weighted by Crippen LogP contribution is -2.46. The lowest BCUT2D eigenvalue weighted by molar-refractivity contribution is -0.0887. The summed E-state index contributed by atoms with van der Waals surface area (Å²) in [6, 6.07) is 0.716. The maximum absolute atomic E-state index is 6.16. The van der Waals surface area contributed by atoms with Crippen LogP contribution in [0.4, 0.5) is 0 Å². The summed E-state index contributed by atoms with van der Waals surface area (Å²) in [6.07, 6.45) is 7.49. The number of nitrogens with one attached hydrogen (secondary N) is 1. The summed E-state index contributed by atoms with van der Waals surface area (Å²) in [4.78, 5) is 0. The van der Waals surface area contributed by atoms with Crippen molar-refractivity contribution in [3.63, 3.8) is 0 Å². The molecule has 2 fully saturated rings. The van der Waals surface area contributed by atoms with Gasteiger partial charge in [0, 0.05) is 6.04 Å². The van der Waals surface area contributed by atoms with Crippen LogP contribution in [0.5, 0.6) is 0 Å². The van der Waals surface area contributed by atoms with E-state index >= 15 is 0 Å². The molecule has 0 aromatic rings. The average Bonchev–Trinajstić information content (AvgIpc) is 2.08. The van der Waals surface area contributed by atoms with Gasteiger partial charge in [0.05, 0.1) is 12.2 Å². The van der Waals surface area contributed by atoms with Crippen LogP contribution < -0.4 is 5.32 Å². The molecule has 0 aromatic carbocycles. The van der Waals surface area contributed by atoms with Crippen molar-refractivity contribution in [2.75, 3.05) is 7.05 Å². The van der Waals surface area contributed by atoms with Crippen LogP contribution in [0.3, 0.4) is 0 Å². The lowest BCUT2D eigenvalue weighted by Gasteiger charge is -2.40. The maximum Gasteiger partial charge on any atom is 0.0608 e. The first kappa shape index (κ1) is 11.4. The second-order valence-electron chi connectivity index (χ2n) is 5.75. The summed E-state index contributed by atoms with van der Waals surface area (Å²) < 4.78 is 6.16. The monoisotopic (exact) mass is 211 g/mol. The number of rotatable bonds is 3. The van der Waals surface area contributed by atoms with E-state index in [0.717, 1.165) is 11.8 Å². The van der Waals surface area contributed by atoms with Gasteiger partial charge in [-0.3, -0.25) is 0 Å². The highest BCUT2D eigenvalue weighted by atomic mass is 16.5. The van der Waals surface area contributed by atoms with Gasteiger partial charge in [0.2, 0.25) is 0 Å². The molecule has 0 saturated heterocycles. The van der Waals surface area contributed by atoms with E-state index in [1.807, 2.05) is 7.05 Å². The maximum atomic E-state index is 6.16. The molecule has 88 valence electrons. The molecule has 0 aromatic heterocycles. The SMILES string of the molecule is CNC1CC(OC2CC(C)CC(C)C2)C1. The molecule has 0 amide bonds. The van der Waals surface area contributed by atoms with Gasteiger partial charge < -0.3 is 10.1 Å². The van der Waals surface area contributed by atoms with Crippen LogP contribution in [0.2, 0.25) is 0 Å². The summed E-state index contributed by atoms with van der Waals surface area (Å²) in [7, 11) is 2.05. The quantitative estimate of drug-likeness (QED) is 0.774. The normalized spacial score (nSPS) is 46.2. The summed E-state index contributed by atoms with van der Waals surface area (Å²) in [6.45, 7) is 4.73. The minimum absolute atomic E-state index is 0.546. The van der Waals surface area contributed by atoms with Gasteiger partial charge in [0.15, 0.2) is 0 Å². The van der Waals surface area contributed by atoms with Gasteiger partial charge in [-0.05, 0) is 51.0 Å². The molecule has 0 radical (unpaired) electrons. The Morgan fingerprint density at radius 1 is 0.867 bits per heavy atom. The molecule has 1 N–H and O–H groups in total. The first-order valence-corrected chi connectivity index (χ1v) is 6.50. The van der Waals surface area contributed by atoms with Crippen LogP contribution in [0.15, 0.2) is 0 Å². The molecule has 2 aliphatic carbocycles. The van der Waals surface area contributed by atoms with E-state index in [2.05, 4.69) is 19.2 Å². The van der Waals surface area contributed by atoms with Crippen molar-refractivity contribution in [1.82, 2.24) is 5.32 Å². The minimum Gasteiger partial charge on any atom is -0.375 e. The van der Waals surface area contributed by atoms with Crippen LogP contribution in [0, 0.1) is 11.8 Å². The molecule has 0 heterocycles. The Hall–Kier alpha value is -0.0800. The second kappa shape index (κ2) is 4.84. The van der Waals surface area contributed by atoms with Crippen molar-refractivity contribution >= 4 is 0 Å². The van der Waals surface area contributed by atoms with Crippen LogP contribution in [0.1, 0.15) is 46.0 Å². The van der Waals surface area contributed by atoms with E-state index in [1.54, 1.807) is 0 Å². The number of ether oxygens (including phenoxy) is 1. The van der Waals surface area contributed by atoms with Gasteiger partial charge in [0.25, 0.3) is 0 Å². The highest BCUT2D eigenvalue weighted by molar-refractivity contribution is 4.87. The zero-order chi connectivity index (χ0) is 10.8. The predicted molar refractivity (Wildman–Crippen MR) is 62.9 cm³/mol. The first-order chi connectivity index (χ1) is 7.17. The Labute approximate surface area is 93.8 Å². The topological polar surface area (TPSA) is 21.3 Å². The van der Waals surface area contributed by atoms with Crippen LogP contribution in [-0.4, -0.2) is 25.3 Å². The Morgan fingerprint density at radius 2 is 1.40 bits per heavy atom. The molecule has 15 heavy (non-hydrogen) atoms. The molecule has 2 rings (SSSR count). The smallest absolute Gasteiger partial charge is 0.0608 e. The van der Waals surface area contributed by atoms with Gasteiger partial charge in [-0.15, -0.1) is 0 Å². The highest BCUT2D eigenvalue weighted by Gasteiger charge is 2.33. The van der Waals surface area contributed by atoms with E-state index in [-0.39, 0.29) is 0 Å². The standard InChI is InChI=1S/C13H25NO/c1-9-4-10(2)6-12(5-9)15-13-7-11(8-13)14-3/h9-14H,4-8H2,1-3H3. The summed E-state index contributed by atoms with van der Waals surface area (Å²) in [5, 5.41) is 3.31. The number of hydrogen-bond acceptors (Lipinski definition) is 2. The van der Waals surface area contributed by atoms with Crippen LogP contribution >= 0.6 is 0 Å². The van der Waals surface area contributed by atoms with Gasteiger partial charge in [-0.2, -0.15) is 0 Å². The second-order valence-corrected chi connectivity index (χ2v) is 5.75. The van der Waals surface area contributed by atoms with Crippen molar-refractivity contribution in [2.45, 2.75) is 64.2 Å². The Balaban J connectivity index is 1.71. The van der Waals surface area contributed by atoms with Crippen molar-refractivity contribution in [1.29, 1.82) is 0 Å². The van der Waals surface area contributed by atoms with E-state index in [9.17, 15) is 0 Å². The van der Waals surface area contributed by atoms with Crippen molar-refractivity contribution in [2.24, 2.45) is 11.8 Å². The van der Waals surface area contributed by atoms with E-state index in [1.165, 1.54) is 32.1 Å². The zero-order valence-corrected chi connectivity index (χ0v) is 10.3. The third kappa shape index (κ3) is 2.94. The molecule has 0 aliphatic heterocycles. The molecule has 0 bridgehead atoms. The molecule has 2 heteroatoms. The third-order valence-corrected chi connectivity index (χ3v) is 4.02. The van der Waals surface area contributed by atoms with Crippen LogP contribution in [-0.2, 0) is 4.74 Å². The lowest BCUT2D eigenvalue weighted by atomic mass is 9.81.